The van der Waals surface area contributed by atoms with Crippen LogP contribution in [-0.2, 0) is 10.0 Å². The highest BCUT2D eigenvalue weighted by molar-refractivity contribution is 7.91. The van der Waals surface area contributed by atoms with E-state index in [0.29, 0.717) is 22.8 Å². The molecule has 0 amide bonds. The first-order valence-corrected chi connectivity index (χ1v) is 13.9. The third kappa shape index (κ3) is 4.93. The first-order valence-electron chi connectivity index (χ1n) is 11.6. The summed E-state index contributed by atoms with van der Waals surface area (Å²) in [5.41, 5.74) is 0.789. The van der Waals surface area contributed by atoms with Crippen LogP contribution in [0, 0.1) is 5.41 Å². The third-order valence-corrected chi connectivity index (χ3v) is 9.33. The number of sulfonamides is 1. The van der Waals surface area contributed by atoms with Crippen molar-refractivity contribution in [2.75, 3.05) is 25.2 Å². The van der Waals surface area contributed by atoms with Crippen LogP contribution in [-0.4, -0.2) is 58.6 Å². The Balaban J connectivity index is 1.77. The Kier molecular flexibility index (Phi) is 7.06. The molecule has 5 N–H and O–H groups in total. The summed E-state index contributed by atoms with van der Waals surface area (Å²) in [6.45, 7) is 9.88. The number of hydrogen-bond donors (Lipinski definition) is 5. The molecule has 0 atom stereocenters. The molecule has 0 radical (unpaired) electrons. The van der Waals surface area contributed by atoms with Crippen LogP contribution in [0.1, 0.15) is 40.2 Å². The number of aromatic hydroxyl groups is 3. The Morgan fingerprint density at radius 2 is 1.81 bits per heavy atom. The lowest BCUT2D eigenvalue weighted by atomic mass is 9.85. The maximum Gasteiger partial charge on any atom is 0.256 e. The SMILES string of the molecule is CCN(CC)S(=O)(=O)c1scc(Nc2c(O)[nH]c(O)c2N=C(c2ccc3c(c2)OCO3)C(C)(C)C)c1O. The van der Waals surface area contributed by atoms with E-state index < -0.39 is 32.9 Å². The summed E-state index contributed by atoms with van der Waals surface area (Å²) < 4.78 is 37.7. The van der Waals surface area contributed by atoms with Crippen LogP contribution >= 0.6 is 11.3 Å². The van der Waals surface area contributed by atoms with Gasteiger partial charge in [-0.1, -0.05) is 34.6 Å². The average molecular weight is 551 g/mol. The van der Waals surface area contributed by atoms with Crippen molar-refractivity contribution >= 4 is 44.1 Å². The van der Waals surface area contributed by atoms with E-state index in [1.807, 2.05) is 26.8 Å². The molecule has 4 rings (SSSR count). The van der Waals surface area contributed by atoms with E-state index in [1.165, 1.54) is 9.69 Å². The fourth-order valence-electron chi connectivity index (χ4n) is 3.93. The Hall–Kier alpha value is -3.42. The molecule has 0 saturated carbocycles. The molecule has 11 nitrogen and oxygen atoms in total. The summed E-state index contributed by atoms with van der Waals surface area (Å²) in [7, 11) is -3.91. The highest BCUT2D eigenvalue weighted by Crippen LogP contribution is 2.48. The second-order valence-electron chi connectivity index (χ2n) is 9.32. The minimum absolute atomic E-state index is 0.0150. The van der Waals surface area contributed by atoms with E-state index in [4.69, 9.17) is 14.5 Å². The van der Waals surface area contributed by atoms with E-state index in [2.05, 4.69) is 10.3 Å². The number of anilines is 2. The fourth-order valence-corrected chi connectivity index (χ4v) is 6.77. The predicted molar refractivity (Wildman–Crippen MR) is 142 cm³/mol. The number of thiophene rings is 1. The van der Waals surface area contributed by atoms with Gasteiger partial charge in [0.2, 0.25) is 18.6 Å². The van der Waals surface area contributed by atoms with Crippen LogP contribution in [0.3, 0.4) is 0 Å². The van der Waals surface area contributed by atoms with Crippen molar-refractivity contribution in [3.63, 3.8) is 0 Å². The normalized spacial score (nSPS) is 13.9. The largest absolute Gasteiger partial charge is 0.504 e. The summed E-state index contributed by atoms with van der Waals surface area (Å²) >= 11 is 0.848. The Bertz CT molecular complexity index is 1450. The zero-order valence-electron chi connectivity index (χ0n) is 21.1. The van der Waals surface area contributed by atoms with E-state index in [1.54, 1.807) is 26.0 Å². The number of aliphatic imine (C=N–C) groups is 1. The van der Waals surface area contributed by atoms with E-state index in [9.17, 15) is 23.7 Å². The molecule has 0 saturated heterocycles. The number of ether oxygens (including phenoxy) is 2. The molecule has 0 unspecified atom stereocenters. The van der Waals surface area contributed by atoms with Crippen molar-refractivity contribution < 1.29 is 33.2 Å². The second kappa shape index (κ2) is 9.80. The summed E-state index contributed by atoms with van der Waals surface area (Å²) in [6.07, 6.45) is 0. The number of nitrogens with zero attached hydrogens (tertiary/aromatic N) is 2. The number of rotatable bonds is 8. The van der Waals surface area contributed by atoms with Gasteiger partial charge in [-0.25, -0.2) is 13.4 Å². The van der Waals surface area contributed by atoms with E-state index in [-0.39, 0.29) is 41.2 Å². The standard InChI is InChI=1S/C24H30N4O7S2/c1-6-28(7-2)37(32,33)23-19(29)14(11-36-23)25-17-18(22(31)27-21(17)30)26-20(24(3,4)5)13-8-9-15-16(10-13)35-12-34-15/h8-11,25,27,29-31H,6-7,12H2,1-5H3. The number of hydrogen-bond acceptors (Lipinski definition) is 10. The predicted octanol–water partition coefficient (Wildman–Crippen LogP) is 4.86. The number of aromatic amines is 1. The van der Waals surface area contributed by atoms with Crippen molar-refractivity contribution in [3.8, 4) is 29.0 Å². The van der Waals surface area contributed by atoms with E-state index >= 15 is 0 Å². The lowest BCUT2D eigenvalue weighted by Crippen LogP contribution is -2.30. The fraction of sp³-hybridized carbons (Fsp3) is 0.375. The van der Waals surface area contributed by atoms with Gasteiger partial charge in [0.25, 0.3) is 10.0 Å². The van der Waals surface area contributed by atoms with Gasteiger partial charge in [-0.3, -0.25) is 4.98 Å². The molecule has 0 bridgehead atoms. The maximum absolute atomic E-state index is 12.9. The highest BCUT2D eigenvalue weighted by Gasteiger charge is 2.30. The van der Waals surface area contributed by atoms with Crippen LogP contribution in [0.15, 0.2) is 32.8 Å². The van der Waals surface area contributed by atoms with Crippen molar-refractivity contribution in [3.05, 3.63) is 29.1 Å². The highest BCUT2D eigenvalue weighted by atomic mass is 32.2. The topological polar surface area (TPSA) is 157 Å². The summed E-state index contributed by atoms with van der Waals surface area (Å²) in [5, 5.41) is 36.1. The summed E-state index contributed by atoms with van der Waals surface area (Å²) in [5.74, 6) is -0.148. The molecule has 0 aliphatic carbocycles. The van der Waals surface area contributed by atoms with Crippen molar-refractivity contribution in [1.29, 1.82) is 0 Å². The molecule has 1 aliphatic rings. The zero-order chi connectivity index (χ0) is 27.1. The number of benzene rings is 1. The van der Waals surface area contributed by atoms with Gasteiger partial charge in [0.15, 0.2) is 27.1 Å². The average Bonchev–Trinajstić information content (AvgIpc) is 3.50. The smallest absolute Gasteiger partial charge is 0.256 e. The van der Waals surface area contributed by atoms with Crippen molar-refractivity contribution in [1.82, 2.24) is 9.29 Å². The second-order valence-corrected chi connectivity index (χ2v) is 12.3. The summed E-state index contributed by atoms with van der Waals surface area (Å²) in [4.78, 5) is 7.13. The number of nitrogens with one attached hydrogen (secondary N) is 2. The minimum Gasteiger partial charge on any atom is -0.504 e. The monoisotopic (exact) mass is 550 g/mol. The van der Waals surface area contributed by atoms with Gasteiger partial charge in [-0.2, -0.15) is 4.31 Å². The van der Waals surface area contributed by atoms with Gasteiger partial charge in [-0.15, -0.1) is 11.3 Å². The van der Waals surface area contributed by atoms with Crippen molar-refractivity contribution in [2.24, 2.45) is 10.4 Å². The van der Waals surface area contributed by atoms with Crippen LogP contribution in [0.25, 0.3) is 0 Å². The van der Waals surface area contributed by atoms with Crippen LogP contribution in [0.2, 0.25) is 0 Å². The van der Waals surface area contributed by atoms with Gasteiger partial charge in [0, 0.05) is 29.4 Å². The third-order valence-electron chi connectivity index (χ3n) is 5.79. The number of fused-ring (bicyclic) bond motifs is 1. The van der Waals surface area contributed by atoms with Gasteiger partial charge >= 0.3 is 0 Å². The van der Waals surface area contributed by atoms with Crippen LogP contribution in [0.5, 0.6) is 29.0 Å². The van der Waals surface area contributed by atoms with Gasteiger partial charge in [-0.05, 0) is 18.2 Å². The summed E-state index contributed by atoms with van der Waals surface area (Å²) in [6, 6.07) is 5.38. The van der Waals surface area contributed by atoms with Crippen LogP contribution < -0.4 is 14.8 Å². The molecule has 3 heterocycles. The van der Waals surface area contributed by atoms with Crippen molar-refractivity contribution in [2.45, 2.75) is 38.8 Å². The molecule has 13 heteroatoms. The minimum atomic E-state index is -3.91. The molecular weight excluding hydrogens is 520 g/mol. The molecule has 2 aromatic heterocycles. The van der Waals surface area contributed by atoms with Crippen LogP contribution in [0.4, 0.5) is 17.1 Å². The molecule has 0 spiro atoms. The molecule has 0 fully saturated rings. The van der Waals surface area contributed by atoms with Gasteiger partial charge in [0.1, 0.15) is 5.69 Å². The van der Waals surface area contributed by atoms with E-state index in [0.717, 1.165) is 11.3 Å². The Morgan fingerprint density at radius 3 is 2.46 bits per heavy atom. The first-order chi connectivity index (χ1) is 17.4. The maximum atomic E-state index is 12.9. The quantitative estimate of drug-likeness (QED) is 0.249. The lowest BCUT2D eigenvalue weighted by Gasteiger charge is -2.22. The molecular formula is C24H30N4O7S2. The molecule has 3 aromatic rings. The number of aromatic nitrogens is 1. The number of H-pyrrole nitrogens is 1. The lowest BCUT2D eigenvalue weighted by molar-refractivity contribution is 0.174. The Labute approximate surface area is 219 Å². The van der Waals surface area contributed by atoms with Gasteiger partial charge in [0.05, 0.1) is 11.4 Å². The zero-order valence-corrected chi connectivity index (χ0v) is 22.7. The Morgan fingerprint density at radius 1 is 1.14 bits per heavy atom. The first kappa shape index (κ1) is 26.6. The molecule has 37 heavy (non-hydrogen) atoms. The molecule has 1 aliphatic heterocycles. The molecule has 1 aromatic carbocycles. The van der Waals surface area contributed by atoms with Gasteiger partial charge < -0.3 is 30.1 Å². The molecule has 200 valence electrons.